The molecule has 3 N–H and O–H groups in total. The fourth-order valence-corrected chi connectivity index (χ4v) is 2.87. The number of anilines is 4. The maximum absolute atomic E-state index is 12.6. The maximum atomic E-state index is 12.6. The van der Waals surface area contributed by atoms with E-state index in [2.05, 4.69) is 35.8 Å². The van der Waals surface area contributed by atoms with Crippen LogP contribution in [0.2, 0.25) is 0 Å². The van der Waals surface area contributed by atoms with Crippen LogP contribution in [-0.4, -0.2) is 47.0 Å². The minimum atomic E-state index is -0.341. The molecule has 1 amide bonds. The third kappa shape index (κ3) is 4.04. The number of pyridine rings is 1. The highest BCUT2D eigenvalue weighted by Crippen LogP contribution is 2.26. The Morgan fingerprint density at radius 1 is 1.07 bits per heavy atom. The highest BCUT2D eigenvalue weighted by atomic mass is 16.4. The van der Waals surface area contributed by atoms with E-state index in [4.69, 9.17) is 4.42 Å². The summed E-state index contributed by atoms with van der Waals surface area (Å²) in [5, 5.41) is 9.16. The smallest absolute Gasteiger partial charge is 0.291 e. The molecule has 4 rings (SSSR count). The van der Waals surface area contributed by atoms with Crippen molar-refractivity contribution in [3.63, 3.8) is 0 Å². The first-order valence-electron chi connectivity index (χ1n) is 8.63. The summed E-state index contributed by atoms with van der Waals surface area (Å²) in [4.78, 5) is 27.0. The Labute approximate surface area is 155 Å². The van der Waals surface area contributed by atoms with E-state index in [1.54, 1.807) is 43.1 Å². The van der Waals surface area contributed by atoms with E-state index < -0.39 is 0 Å². The van der Waals surface area contributed by atoms with Gasteiger partial charge in [-0.25, -0.2) is 4.98 Å². The van der Waals surface area contributed by atoms with E-state index in [1.807, 2.05) is 6.07 Å². The Hall–Kier alpha value is -3.46. The number of nitrogens with zero attached hydrogens (tertiary/aromatic N) is 4. The van der Waals surface area contributed by atoms with Gasteiger partial charge in [0, 0.05) is 50.8 Å². The number of carbonyl (C=O) groups excluding carboxylic acids is 1. The summed E-state index contributed by atoms with van der Waals surface area (Å²) in [6, 6.07) is 5.18. The van der Waals surface area contributed by atoms with E-state index >= 15 is 0 Å². The van der Waals surface area contributed by atoms with Gasteiger partial charge in [0.2, 0.25) is 0 Å². The molecule has 0 aromatic carbocycles. The summed E-state index contributed by atoms with van der Waals surface area (Å²) in [7, 11) is 0. The Morgan fingerprint density at radius 2 is 1.93 bits per heavy atom. The van der Waals surface area contributed by atoms with Crippen LogP contribution in [-0.2, 0) is 0 Å². The fourth-order valence-electron chi connectivity index (χ4n) is 2.87. The lowest BCUT2D eigenvalue weighted by Gasteiger charge is -2.30. The van der Waals surface area contributed by atoms with Gasteiger partial charge in [-0.05, 0) is 12.1 Å². The number of rotatable bonds is 5. The molecule has 3 aromatic heterocycles. The van der Waals surface area contributed by atoms with Crippen LogP contribution in [0.15, 0.2) is 53.6 Å². The highest BCUT2D eigenvalue weighted by molar-refractivity contribution is 6.04. The average Bonchev–Trinajstić information content (AvgIpc) is 3.18. The maximum Gasteiger partial charge on any atom is 0.291 e. The van der Waals surface area contributed by atoms with Gasteiger partial charge in [-0.3, -0.25) is 14.8 Å². The van der Waals surface area contributed by atoms with Crippen LogP contribution in [0.25, 0.3) is 0 Å². The lowest BCUT2D eigenvalue weighted by molar-refractivity contribution is 0.0997. The van der Waals surface area contributed by atoms with Crippen LogP contribution in [0.5, 0.6) is 0 Å². The van der Waals surface area contributed by atoms with Crippen molar-refractivity contribution >= 4 is 29.0 Å². The molecule has 0 bridgehead atoms. The van der Waals surface area contributed by atoms with Crippen molar-refractivity contribution in [1.29, 1.82) is 0 Å². The molecule has 3 aromatic rings. The highest BCUT2D eigenvalue weighted by Gasteiger charge is 2.18. The predicted molar refractivity (Wildman–Crippen MR) is 101 cm³/mol. The van der Waals surface area contributed by atoms with Crippen LogP contribution in [0.4, 0.5) is 23.1 Å². The van der Waals surface area contributed by atoms with Gasteiger partial charge in [0.05, 0.1) is 23.8 Å². The molecule has 9 nitrogen and oxygen atoms in total. The minimum absolute atomic E-state index is 0.191. The molecule has 0 aliphatic carbocycles. The molecular formula is C18H19N7O2. The third-order valence-corrected chi connectivity index (χ3v) is 4.15. The first kappa shape index (κ1) is 17.0. The molecule has 0 saturated carbocycles. The van der Waals surface area contributed by atoms with Gasteiger partial charge in [0.15, 0.2) is 17.5 Å². The Kier molecular flexibility index (Phi) is 4.93. The van der Waals surface area contributed by atoms with Crippen LogP contribution in [0.3, 0.4) is 0 Å². The van der Waals surface area contributed by atoms with E-state index in [-0.39, 0.29) is 11.7 Å². The lowest BCUT2D eigenvalue weighted by Crippen LogP contribution is -2.43. The van der Waals surface area contributed by atoms with Gasteiger partial charge < -0.3 is 25.3 Å². The largest absolute Gasteiger partial charge is 0.435 e. The van der Waals surface area contributed by atoms with Crippen LogP contribution >= 0.6 is 0 Å². The topological polar surface area (TPSA) is 108 Å². The molecule has 9 heteroatoms. The second-order valence-corrected chi connectivity index (χ2v) is 5.96. The number of hydrogen-bond donors (Lipinski definition) is 3. The van der Waals surface area contributed by atoms with Crippen molar-refractivity contribution in [2.24, 2.45) is 0 Å². The zero-order chi connectivity index (χ0) is 18.5. The van der Waals surface area contributed by atoms with Gasteiger partial charge in [-0.15, -0.1) is 0 Å². The molecule has 1 saturated heterocycles. The normalized spacial score (nSPS) is 14.0. The molecule has 0 unspecified atom stereocenters. The molecular weight excluding hydrogens is 346 g/mol. The summed E-state index contributed by atoms with van der Waals surface area (Å²) >= 11 is 0. The first-order valence-corrected chi connectivity index (χ1v) is 8.63. The van der Waals surface area contributed by atoms with Gasteiger partial charge in [0.25, 0.3) is 5.91 Å². The van der Waals surface area contributed by atoms with Crippen molar-refractivity contribution in [2.45, 2.75) is 0 Å². The third-order valence-electron chi connectivity index (χ3n) is 4.15. The van der Waals surface area contributed by atoms with Crippen molar-refractivity contribution < 1.29 is 9.21 Å². The molecule has 1 aliphatic rings. The number of carbonyl (C=O) groups is 1. The summed E-state index contributed by atoms with van der Waals surface area (Å²) < 4.78 is 5.57. The van der Waals surface area contributed by atoms with E-state index in [0.29, 0.717) is 17.4 Å². The molecule has 0 radical (unpaired) electrons. The van der Waals surface area contributed by atoms with Gasteiger partial charge in [0.1, 0.15) is 0 Å². The van der Waals surface area contributed by atoms with E-state index in [1.165, 1.54) is 0 Å². The number of furan rings is 1. The standard InChI is InChI=1S/C18H19N7O2/c26-18(15-1-2-17(27-15)24-16-12-21-5-6-22-16)23-13-11-20-4-3-14(13)25-9-7-19-8-10-25/h1-6,11-12,19H,7-10H2,(H,22,24)(H,23,26). The van der Waals surface area contributed by atoms with Crippen LogP contribution in [0, 0.1) is 0 Å². The first-order chi connectivity index (χ1) is 13.3. The second-order valence-electron chi connectivity index (χ2n) is 5.96. The summed E-state index contributed by atoms with van der Waals surface area (Å²) in [5.41, 5.74) is 1.61. The van der Waals surface area contributed by atoms with E-state index in [9.17, 15) is 4.79 Å². The number of nitrogens with one attached hydrogen (secondary N) is 3. The lowest BCUT2D eigenvalue weighted by atomic mass is 10.2. The fraction of sp³-hybridized carbons (Fsp3) is 0.222. The van der Waals surface area contributed by atoms with Crippen molar-refractivity contribution in [3.05, 3.63) is 54.9 Å². The van der Waals surface area contributed by atoms with E-state index in [0.717, 1.165) is 31.9 Å². The molecule has 27 heavy (non-hydrogen) atoms. The Morgan fingerprint density at radius 3 is 2.74 bits per heavy atom. The van der Waals surface area contributed by atoms with Gasteiger partial charge in [-0.1, -0.05) is 0 Å². The molecule has 1 fully saturated rings. The number of piperazine rings is 1. The zero-order valence-electron chi connectivity index (χ0n) is 14.6. The van der Waals surface area contributed by atoms with Crippen LogP contribution < -0.4 is 20.9 Å². The monoisotopic (exact) mass is 365 g/mol. The zero-order valence-corrected chi connectivity index (χ0v) is 14.6. The van der Waals surface area contributed by atoms with Gasteiger partial charge >= 0.3 is 0 Å². The molecule has 4 heterocycles. The minimum Gasteiger partial charge on any atom is -0.435 e. The average molecular weight is 365 g/mol. The summed E-state index contributed by atoms with van der Waals surface area (Å²) in [5.74, 6) is 0.796. The Bertz CT molecular complexity index is 907. The molecule has 0 atom stereocenters. The van der Waals surface area contributed by atoms with Crippen molar-refractivity contribution in [2.75, 3.05) is 41.7 Å². The SMILES string of the molecule is O=C(Nc1cnccc1N1CCNCC1)c1ccc(Nc2cnccn2)o1. The molecule has 138 valence electrons. The molecule has 1 aliphatic heterocycles. The predicted octanol–water partition coefficient (Wildman–Crippen LogP) is 1.87. The van der Waals surface area contributed by atoms with Crippen molar-refractivity contribution in [1.82, 2.24) is 20.3 Å². The quantitative estimate of drug-likeness (QED) is 0.629. The molecule has 0 spiro atoms. The summed E-state index contributed by atoms with van der Waals surface area (Å²) in [6.07, 6.45) is 8.09. The number of hydrogen-bond acceptors (Lipinski definition) is 8. The summed E-state index contributed by atoms with van der Waals surface area (Å²) in [6.45, 7) is 3.57. The Balaban J connectivity index is 1.47. The number of aromatic nitrogens is 3. The van der Waals surface area contributed by atoms with Gasteiger partial charge in [-0.2, -0.15) is 0 Å². The second kappa shape index (κ2) is 7.83. The van der Waals surface area contributed by atoms with Crippen molar-refractivity contribution in [3.8, 4) is 0 Å². The number of amides is 1. The van der Waals surface area contributed by atoms with Crippen LogP contribution in [0.1, 0.15) is 10.6 Å².